The molecule has 1 saturated carbocycles. The summed E-state index contributed by atoms with van der Waals surface area (Å²) >= 11 is 7.56. The van der Waals surface area contributed by atoms with E-state index in [1.54, 1.807) is 11.8 Å². The molecule has 1 aromatic carbocycles. The molecule has 0 bridgehead atoms. The molecule has 1 aliphatic rings. The third-order valence-electron chi connectivity index (χ3n) is 3.62. The van der Waals surface area contributed by atoms with Crippen LogP contribution in [-0.2, 0) is 5.75 Å². The Labute approximate surface area is 142 Å². The van der Waals surface area contributed by atoms with Crippen molar-refractivity contribution in [1.29, 1.82) is 0 Å². The molecule has 0 amide bonds. The van der Waals surface area contributed by atoms with Gasteiger partial charge in [0.05, 0.1) is 5.75 Å². The molecule has 118 valence electrons. The first-order valence-corrected chi connectivity index (χ1v) is 8.70. The van der Waals surface area contributed by atoms with Gasteiger partial charge in [0.1, 0.15) is 5.82 Å². The number of aromatic nitrogens is 5. The van der Waals surface area contributed by atoms with Crippen LogP contribution in [0.4, 0.5) is 0 Å². The van der Waals surface area contributed by atoms with E-state index in [9.17, 15) is 0 Å². The lowest BCUT2D eigenvalue weighted by molar-refractivity contribution is 0.391. The van der Waals surface area contributed by atoms with Gasteiger partial charge in [0.15, 0.2) is 5.16 Å². The Kier molecular flexibility index (Phi) is 3.82. The Bertz CT molecular complexity index is 842. The lowest BCUT2D eigenvalue weighted by atomic mass is 10.2. The maximum absolute atomic E-state index is 5.99. The SMILES string of the molecule is Cc1nnc(SCc2nc(-c3cccc(Cl)c3)no2)n1C1CC1. The van der Waals surface area contributed by atoms with Crippen molar-refractivity contribution in [3.8, 4) is 11.4 Å². The summed E-state index contributed by atoms with van der Waals surface area (Å²) in [6.07, 6.45) is 2.40. The molecule has 4 rings (SSSR count). The van der Waals surface area contributed by atoms with E-state index >= 15 is 0 Å². The van der Waals surface area contributed by atoms with Gasteiger partial charge >= 0.3 is 0 Å². The zero-order valence-corrected chi connectivity index (χ0v) is 14.0. The predicted molar refractivity (Wildman–Crippen MR) is 87.3 cm³/mol. The Hall–Kier alpha value is -1.86. The maximum Gasteiger partial charge on any atom is 0.237 e. The number of halogens is 1. The van der Waals surface area contributed by atoms with E-state index in [1.165, 1.54) is 12.8 Å². The van der Waals surface area contributed by atoms with Crippen LogP contribution in [0.3, 0.4) is 0 Å². The third-order valence-corrected chi connectivity index (χ3v) is 4.79. The highest BCUT2D eigenvalue weighted by Gasteiger charge is 2.28. The summed E-state index contributed by atoms with van der Waals surface area (Å²) < 4.78 is 7.51. The Morgan fingerprint density at radius 2 is 2.22 bits per heavy atom. The largest absolute Gasteiger partial charge is 0.338 e. The molecule has 1 aliphatic carbocycles. The smallest absolute Gasteiger partial charge is 0.237 e. The summed E-state index contributed by atoms with van der Waals surface area (Å²) in [6.45, 7) is 1.99. The van der Waals surface area contributed by atoms with Crippen molar-refractivity contribution in [3.63, 3.8) is 0 Å². The number of rotatable bonds is 5. The molecule has 6 nitrogen and oxygen atoms in total. The highest BCUT2D eigenvalue weighted by molar-refractivity contribution is 7.98. The van der Waals surface area contributed by atoms with E-state index in [-0.39, 0.29) is 0 Å². The second-order valence-electron chi connectivity index (χ2n) is 5.44. The van der Waals surface area contributed by atoms with Gasteiger partial charge in [-0.3, -0.25) is 0 Å². The predicted octanol–water partition coefficient (Wildman–Crippen LogP) is 3.92. The standard InChI is InChI=1S/C15H14ClN5OS/c1-9-18-19-15(21(9)12-5-6-12)23-8-13-17-14(20-22-13)10-3-2-4-11(16)7-10/h2-4,7,12H,5-6,8H2,1H3. The first-order valence-electron chi connectivity index (χ1n) is 7.33. The molecule has 0 saturated heterocycles. The fourth-order valence-electron chi connectivity index (χ4n) is 2.39. The number of benzene rings is 1. The molecule has 0 atom stereocenters. The first-order chi connectivity index (χ1) is 11.2. The average molecular weight is 348 g/mol. The van der Waals surface area contributed by atoms with Crippen molar-refractivity contribution >= 4 is 23.4 Å². The van der Waals surface area contributed by atoms with Crippen molar-refractivity contribution in [2.24, 2.45) is 0 Å². The van der Waals surface area contributed by atoms with Gasteiger partial charge in [-0.2, -0.15) is 4.98 Å². The number of nitrogens with zero attached hydrogens (tertiary/aromatic N) is 5. The van der Waals surface area contributed by atoms with Crippen LogP contribution in [0.1, 0.15) is 30.6 Å². The molecule has 8 heteroatoms. The third kappa shape index (κ3) is 3.11. The minimum atomic E-state index is 0.544. The minimum Gasteiger partial charge on any atom is -0.338 e. The van der Waals surface area contributed by atoms with Crippen LogP contribution in [0, 0.1) is 6.92 Å². The van der Waals surface area contributed by atoms with Crippen molar-refractivity contribution in [3.05, 3.63) is 41.0 Å². The Morgan fingerprint density at radius 1 is 1.35 bits per heavy atom. The van der Waals surface area contributed by atoms with Gasteiger partial charge in [0.2, 0.25) is 11.7 Å². The first kappa shape index (κ1) is 14.7. The average Bonchev–Trinajstić information content (AvgIpc) is 3.14. The molecule has 1 fully saturated rings. The van der Waals surface area contributed by atoms with Gasteiger partial charge in [0.25, 0.3) is 0 Å². The molecular formula is C15H14ClN5OS. The summed E-state index contributed by atoms with van der Waals surface area (Å²) in [5.41, 5.74) is 0.842. The summed E-state index contributed by atoms with van der Waals surface area (Å²) in [6, 6.07) is 7.95. The monoisotopic (exact) mass is 347 g/mol. The summed E-state index contributed by atoms with van der Waals surface area (Å²) in [7, 11) is 0. The Morgan fingerprint density at radius 3 is 3.00 bits per heavy atom. The van der Waals surface area contributed by atoms with Gasteiger partial charge in [-0.05, 0) is 31.9 Å². The van der Waals surface area contributed by atoms with Crippen LogP contribution in [0.5, 0.6) is 0 Å². The van der Waals surface area contributed by atoms with Crippen molar-refractivity contribution in [2.75, 3.05) is 0 Å². The van der Waals surface area contributed by atoms with Crippen LogP contribution in [0.2, 0.25) is 5.02 Å². The van der Waals surface area contributed by atoms with E-state index in [0.29, 0.717) is 28.5 Å². The fraction of sp³-hybridized carbons (Fsp3) is 0.333. The van der Waals surface area contributed by atoms with Gasteiger partial charge in [-0.1, -0.05) is 40.7 Å². The highest BCUT2D eigenvalue weighted by Crippen LogP contribution is 2.39. The maximum atomic E-state index is 5.99. The van der Waals surface area contributed by atoms with Crippen LogP contribution in [0.15, 0.2) is 33.9 Å². The van der Waals surface area contributed by atoms with Crippen LogP contribution >= 0.6 is 23.4 Å². The lowest BCUT2D eigenvalue weighted by Gasteiger charge is -2.04. The van der Waals surface area contributed by atoms with Crippen LogP contribution < -0.4 is 0 Å². The zero-order chi connectivity index (χ0) is 15.8. The highest BCUT2D eigenvalue weighted by atomic mass is 35.5. The van der Waals surface area contributed by atoms with E-state index in [1.807, 2.05) is 31.2 Å². The molecule has 2 heterocycles. The van der Waals surface area contributed by atoms with Gasteiger partial charge in [-0.15, -0.1) is 10.2 Å². The van der Waals surface area contributed by atoms with E-state index in [0.717, 1.165) is 16.5 Å². The second-order valence-corrected chi connectivity index (χ2v) is 6.82. The van der Waals surface area contributed by atoms with E-state index in [4.69, 9.17) is 16.1 Å². The molecule has 0 radical (unpaired) electrons. The normalized spacial score (nSPS) is 14.3. The second kappa shape index (κ2) is 5.98. The lowest BCUT2D eigenvalue weighted by Crippen LogP contribution is -1.99. The van der Waals surface area contributed by atoms with Crippen LogP contribution in [-0.4, -0.2) is 24.9 Å². The van der Waals surface area contributed by atoms with Crippen molar-refractivity contribution in [2.45, 2.75) is 36.7 Å². The molecule has 0 unspecified atom stereocenters. The molecular weight excluding hydrogens is 334 g/mol. The molecule has 3 aromatic rings. The quantitative estimate of drug-likeness (QED) is 0.651. The number of aryl methyl sites for hydroxylation is 1. The number of hydrogen-bond donors (Lipinski definition) is 0. The molecule has 0 spiro atoms. The van der Waals surface area contributed by atoms with Gasteiger partial charge in [-0.25, -0.2) is 0 Å². The fourth-order valence-corrected chi connectivity index (χ4v) is 3.47. The Balaban J connectivity index is 1.48. The number of hydrogen-bond acceptors (Lipinski definition) is 6. The minimum absolute atomic E-state index is 0.544. The summed E-state index contributed by atoms with van der Waals surface area (Å²) in [4.78, 5) is 4.42. The zero-order valence-electron chi connectivity index (χ0n) is 12.4. The van der Waals surface area contributed by atoms with E-state index in [2.05, 4.69) is 24.9 Å². The summed E-state index contributed by atoms with van der Waals surface area (Å²) in [5, 5.41) is 14.0. The van der Waals surface area contributed by atoms with E-state index < -0.39 is 0 Å². The van der Waals surface area contributed by atoms with Crippen molar-refractivity contribution < 1.29 is 4.52 Å². The van der Waals surface area contributed by atoms with Gasteiger partial charge in [0, 0.05) is 16.6 Å². The molecule has 0 N–H and O–H groups in total. The topological polar surface area (TPSA) is 69.6 Å². The van der Waals surface area contributed by atoms with Crippen molar-refractivity contribution in [1.82, 2.24) is 24.9 Å². The van der Waals surface area contributed by atoms with Crippen LogP contribution in [0.25, 0.3) is 11.4 Å². The molecule has 23 heavy (non-hydrogen) atoms. The molecule has 0 aliphatic heterocycles. The summed E-state index contributed by atoms with van der Waals surface area (Å²) in [5.74, 6) is 2.63. The van der Waals surface area contributed by atoms with Gasteiger partial charge < -0.3 is 9.09 Å². The number of thioether (sulfide) groups is 1. The molecule has 2 aromatic heterocycles.